The quantitative estimate of drug-likeness (QED) is 0.587. The molecule has 1 saturated heterocycles. The van der Waals surface area contributed by atoms with Crippen molar-refractivity contribution in [1.82, 2.24) is 14.5 Å². The van der Waals surface area contributed by atoms with Crippen molar-refractivity contribution in [3.8, 4) is 0 Å². The minimum atomic E-state index is -3.18. The summed E-state index contributed by atoms with van der Waals surface area (Å²) < 4.78 is 32.4. The Hall–Kier alpha value is -1.19. The topological polar surface area (TPSA) is 79.0 Å². The molecule has 0 bridgehead atoms. The molecule has 176 valence electrons. The summed E-state index contributed by atoms with van der Waals surface area (Å²) in [4.78, 5) is 15.2. The predicted octanol–water partition coefficient (Wildman–Crippen LogP) is 2.87. The van der Waals surface area contributed by atoms with E-state index in [2.05, 4.69) is 10.2 Å². The first kappa shape index (κ1) is 26.1. The highest BCUT2D eigenvalue weighted by Gasteiger charge is 2.47. The summed E-state index contributed by atoms with van der Waals surface area (Å²) in [7, 11) is -1.54. The number of nitrogens with zero attached hydrogens (tertiary/aromatic N) is 2. The zero-order chi connectivity index (χ0) is 21.6. The molecule has 31 heavy (non-hydrogen) atoms. The fourth-order valence-corrected chi connectivity index (χ4v) is 6.41. The van der Waals surface area contributed by atoms with Gasteiger partial charge in [-0.1, -0.05) is 44.4 Å². The molecular formula is C22H36ClN3O4S. The molecule has 1 amide bonds. The second-order valence-corrected chi connectivity index (χ2v) is 10.4. The lowest BCUT2D eigenvalue weighted by atomic mass is 9.78. The van der Waals surface area contributed by atoms with E-state index in [1.165, 1.54) is 6.42 Å². The second-order valence-electron chi connectivity index (χ2n) is 8.32. The SMILES string of the molecule is CCCS(=O)(=O)N1CCN(C2(C(NC(=O)c3ccccc3)OC)CCCCC2)CC1.Cl. The van der Waals surface area contributed by atoms with Crippen molar-refractivity contribution in [3.63, 3.8) is 0 Å². The lowest BCUT2D eigenvalue weighted by Gasteiger charge is -2.52. The summed E-state index contributed by atoms with van der Waals surface area (Å²) in [5.41, 5.74) is 0.305. The molecule has 0 aromatic heterocycles. The van der Waals surface area contributed by atoms with Gasteiger partial charge in [0.1, 0.15) is 6.23 Å². The second kappa shape index (κ2) is 11.6. The van der Waals surface area contributed by atoms with E-state index in [1.54, 1.807) is 23.5 Å². The Morgan fingerprint density at radius 2 is 1.71 bits per heavy atom. The smallest absolute Gasteiger partial charge is 0.253 e. The van der Waals surface area contributed by atoms with Gasteiger partial charge < -0.3 is 10.1 Å². The molecular weight excluding hydrogens is 438 g/mol. The molecule has 1 saturated carbocycles. The molecule has 1 aromatic carbocycles. The van der Waals surface area contributed by atoms with Gasteiger partial charge in [0.25, 0.3) is 5.91 Å². The molecule has 7 nitrogen and oxygen atoms in total. The average molecular weight is 474 g/mol. The fraction of sp³-hybridized carbons (Fsp3) is 0.682. The van der Waals surface area contributed by atoms with Crippen molar-refractivity contribution in [2.75, 3.05) is 39.0 Å². The maximum absolute atomic E-state index is 12.8. The Kier molecular flexibility index (Phi) is 9.76. The van der Waals surface area contributed by atoms with Crippen LogP contribution in [0.5, 0.6) is 0 Å². The Bertz CT molecular complexity index is 792. The standard InChI is InChI=1S/C22H35N3O4S.ClH/c1-3-18-30(27,28)25-16-14-24(15-17-25)22(12-8-5-9-13-22)21(29-2)23-20(26)19-10-6-4-7-11-19;/h4,6-7,10-11,21H,3,5,8-9,12-18H2,1-2H3,(H,23,26);1H. The number of benzene rings is 1. The van der Waals surface area contributed by atoms with Crippen molar-refractivity contribution >= 4 is 28.3 Å². The van der Waals surface area contributed by atoms with Crippen LogP contribution in [0.25, 0.3) is 0 Å². The van der Waals surface area contributed by atoms with Crippen molar-refractivity contribution in [2.24, 2.45) is 0 Å². The molecule has 1 unspecified atom stereocenters. The molecule has 2 aliphatic rings. The van der Waals surface area contributed by atoms with E-state index in [0.29, 0.717) is 38.2 Å². The summed E-state index contributed by atoms with van der Waals surface area (Å²) in [6, 6.07) is 9.19. The van der Waals surface area contributed by atoms with Gasteiger partial charge in [0, 0.05) is 38.9 Å². The van der Waals surface area contributed by atoms with Crippen LogP contribution in [0, 0.1) is 0 Å². The normalized spacial score (nSPS) is 21.1. The van der Waals surface area contributed by atoms with E-state index in [-0.39, 0.29) is 29.6 Å². The molecule has 9 heteroatoms. The highest BCUT2D eigenvalue weighted by Crippen LogP contribution is 2.38. The van der Waals surface area contributed by atoms with E-state index in [1.807, 2.05) is 25.1 Å². The molecule has 1 N–H and O–H groups in total. The number of halogens is 1. The van der Waals surface area contributed by atoms with Crippen LogP contribution < -0.4 is 5.32 Å². The lowest BCUT2D eigenvalue weighted by Crippen LogP contribution is -2.67. The van der Waals surface area contributed by atoms with Crippen LogP contribution in [0.2, 0.25) is 0 Å². The molecule has 1 aliphatic carbocycles. The molecule has 1 aliphatic heterocycles. The highest BCUT2D eigenvalue weighted by atomic mass is 35.5. The first-order chi connectivity index (χ1) is 14.4. The predicted molar refractivity (Wildman–Crippen MR) is 125 cm³/mol. The number of nitrogens with one attached hydrogen (secondary N) is 1. The van der Waals surface area contributed by atoms with Crippen molar-refractivity contribution in [2.45, 2.75) is 57.2 Å². The Morgan fingerprint density at radius 3 is 2.26 bits per heavy atom. The molecule has 2 fully saturated rings. The van der Waals surface area contributed by atoms with Gasteiger partial charge in [-0.3, -0.25) is 9.69 Å². The van der Waals surface area contributed by atoms with Crippen molar-refractivity contribution in [1.29, 1.82) is 0 Å². The van der Waals surface area contributed by atoms with Crippen LogP contribution in [-0.2, 0) is 14.8 Å². The molecule has 0 spiro atoms. The molecule has 0 radical (unpaired) electrons. The zero-order valence-electron chi connectivity index (χ0n) is 18.6. The third-order valence-corrected chi connectivity index (χ3v) is 8.54. The minimum absolute atomic E-state index is 0. The summed E-state index contributed by atoms with van der Waals surface area (Å²) >= 11 is 0. The van der Waals surface area contributed by atoms with Gasteiger partial charge >= 0.3 is 0 Å². The molecule has 1 atom stereocenters. The number of carbonyl (C=O) groups excluding carboxylic acids is 1. The van der Waals surface area contributed by atoms with Gasteiger partial charge in [-0.25, -0.2) is 8.42 Å². The minimum Gasteiger partial charge on any atom is -0.360 e. The number of piperazine rings is 1. The summed E-state index contributed by atoms with van der Waals surface area (Å²) in [5.74, 6) is 0.0583. The zero-order valence-corrected chi connectivity index (χ0v) is 20.2. The van der Waals surface area contributed by atoms with Gasteiger partial charge in [-0.15, -0.1) is 12.4 Å². The third kappa shape index (κ3) is 5.99. The van der Waals surface area contributed by atoms with Crippen molar-refractivity contribution < 1.29 is 17.9 Å². The van der Waals surface area contributed by atoms with E-state index in [9.17, 15) is 13.2 Å². The highest BCUT2D eigenvalue weighted by molar-refractivity contribution is 7.89. The van der Waals surface area contributed by atoms with Gasteiger partial charge in [-0.05, 0) is 31.4 Å². The first-order valence-corrected chi connectivity index (χ1v) is 12.7. The van der Waals surface area contributed by atoms with Crippen LogP contribution in [0.4, 0.5) is 0 Å². The number of hydrogen-bond acceptors (Lipinski definition) is 5. The van der Waals surface area contributed by atoms with E-state index < -0.39 is 16.3 Å². The summed E-state index contributed by atoms with van der Waals surface area (Å²) in [6.45, 7) is 4.19. The van der Waals surface area contributed by atoms with Crippen molar-refractivity contribution in [3.05, 3.63) is 35.9 Å². The number of carbonyl (C=O) groups is 1. The summed E-state index contributed by atoms with van der Waals surface area (Å²) in [5, 5.41) is 3.12. The number of amides is 1. The van der Waals surface area contributed by atoms with E-state index in [0.717, 1.165) is 25.7 Å². The lowest BCUT2D eigenvalue weighted by molar-refractivity contribution is -0.0942. The average Bonchev–Trinajstić information content (AvgIpc) is 2.78. The Balaban J connectivity index is 0.00000341. The number of hydrogen-bond donors (Lipinski definition) is 1. The number of methoxy groups -OCH3 is 1. The van der Waals surface area contributed by atoms with Crippen LogP contribution in [-0.4, -0.2) is 74.3 Å². The largest absolute Gasteiger partial charge is 0.360 e. The van der Waals surface area contributed by atoms with Crippen LogP contribution in [0.15, 0.2) is 30.3 Å². The van der Waals surface area contributed by atoms with Gasteiger partial charge in [0.2, 0.25) is 10.0 Å². The molecule has 1 aromatic rings. The number of ether oxygens (including phenoxy) is 1. The maximum atomic E-state index is 12.8. The number of sulfonamides is 1. The first-order valence-electron chi connectivity index (χ1n) is 11.0. The van der Waals surface area contributed by atoms with Gasteiger partial charge in [0.15, 0.2) is 0 Å². The fourth-order valence-electron chi connectivity index (χ4n) is 4.91. The Morgan fingerprint density at radius 1 is 1.10 bits per heavy atom. The van der Waals surface area contributed by atoms with Gasteiger partial charge in [-0.2, -0.15) is 4.31 Å². The maximum Gasteiger partial charge on any atom is 0.253 e. The monoisotopic (exact) mass is 473 g/mol. The van der Waals surface area contributed by atoms with Crippen LogP contribution in [0.1, 0.15) is 55.8 Å². The van der Waals surface area contributed by atoms with Gasteiger partial charge in [0.05, 0.1) is 11.3 Å². The van der Waals surface area contributed by atoms with E-state index in [4.69, 9.17) is 4.74 Å². The Labute approximate surface area is 193 Å². The molecule has 1 heterocycles. The van der Waals surface area contributed by atoms with E-state index >= 15 is 0 Å². The third-order valence-electron chi connectivity index (χ3n) is 6.47. The summed E-state index contributed by atoms with van der Waals surface area (Å²) in [6.07, 6.45) is 5.39. The van der Waals surface area contributed by atoms with Crippen LogP contribution >= 0.6 is 12.4 Å². The molecule has 3 rings (SSSR count). The van der Waals surface area contributed by atoms with Crippen LogP contribution in [0.3, 0.4) is 0 Å². The number of rotatable bonds is 8.